The summed E-state index contributed by atoms with van der Waals surface area (Å²) >= 11 is 3.51. The lowest BCUT2D eigenvalue weighted by Crippen LogP contribution is -2.41. The van der Waals surface area contributed by atoms with Gasteiger partial charge < -0.3 is 19.4 Å². The van der Waals surface area contributed by atoms with E-state index in [0.29, 0.717) is 56.5 Å². The number of anilines is 1. The zero-order chi connectivity index (χ0) is 22.8. The quantitative estimate of drug-likeness (QED) is 0.552. The maximum atomic E-state index is 13.1. The number of furan rings is 1. The van der Waals surface area contributed by atoms with Gasteiger partial charge in [-0.15, -0.1) is 0 Å². The van der Waals surface area contributed by atoms with E-state index in [1.807, 2.05) is 25.5 Å². The van der Waals surface area contributed by atoms with E-state index in [1.54, 1.807) is 21.7 Å². The number of nitrogens with one attached hydrogen (secondary N) is 1. The van der Waals surface area contributed by atoms with Crippen molar-refractivity contribution in [3.8, 4) is 0 Å². The van der Waals surface area contributed by atoms with Crippen LogP contribution in [0.3, 0.4) is 0 Å². The maximum Gasteiger partial charge on any atom is 0.291 e. The molecule has 3 aromatic rings. The van der Waals surface area contributed by atoms with Gasteiger partial charge in [-0.05, 0) is 48.8 Å². The Morgan fingerprint density at radius 1 is 1.19 bits per heavy atom. The Morgan fingerprint density at radius 3 is 2.59 bits per heavy atom. The van der Waals surface area contributed by atoms with Crippen LogP contribution in [0.4, 0.5) is 5.69 Å². The smallest absolute Gasteiger partial charge is 0.291 e. The first-order valence-corrected chi connectivity index (χ1v) is 11.2. The number of carbonyl (C=O) groups is 2. The number of carbonyl (C=O) groups excluding carboxylic acids is 2. The molecule has 2 amide bonds. The molecule has 4 rings (SSSR count). The molecule has 1 N–H and O–H groups in total. The molecule has 0 bridgehead atoms. The van der Waals surface area contributed by atoms with Crippen molar-refractivity contribution < 1.29 is 18.7 Å². The lowest BCUT2D eigenvalue weighted by Gasteiger charge is -2.27. The van der Waals surface area contributed by atoms with Crippen molar-refractivity contribution in [3.63, 3.8) is 0 Å². The third kappa shape index (κ3) is 4.35. The zero-order valence-corrected chi connectivity index (χ0v) is 19.8. The molecule has 1 fully saturated rings. The summed E-state index contributed by atoms with van der Waals surface area (Å²) in [5.74, 6) is 0.118. The molecule has 0 saturated carbocycles. The molecule has 4 heterocycles. The van der Waals surface area contributed by atoms with Gasteiger partial charge in [0.1, 0.15) is 11.5 Å². The summed E-state index contributed by atoms with van der Waals surface area (Å²) in [6, 6.07) is 3.35. The van der Waals surface area contributed by atoms with Gasteiger partial charge >= 0.3 is 0 Å². The highest BCUT2D eigenvalue weighted by atomic mass is 79.9. The molecule has 170 valence electrons. The van der Waals surface area contributed by atoms with Crippen LogP contribution in [-0.4, -0.2) is 62.6 Å². The van der Waals surface area contributed by atoms with Crippen LogP contribution in [0.5, 0.6) is 0 Å². The van der Waals surface area contributed by atoms with Crippen LogP contribution in [0.1, 0.15) is 45.1 Å². The van der Waals surface area contributed by atoms with E-state index in [-0.39, 0.29) is 11.7 Å². The summed E-state index contributed by atoms with van der Waals surface area (Å²) in [5, 5.41) is 11.5. The van der Waals surface area contributed by atoms with Crippen molar-refractivity contribution >= 4 is 33.4 Å². The van der Waals surface area contributed by atoms with Crippen molar-refractivity contribution in [1.82, 2.24) is 24.5 Å². The normalized spacial score (nSPS) is 14.1. The monoisotopic (exact) mass is 504 g/mol. The molecule has 0 spiro atoms. The van der Waals surface area contributed by atoms with Gasteiger partial charge in [0.2, 0.25) is 0 Å². The summed E-state index contributed by atoms with van der Waals surface area (Å²) in [5.41, 5.74) is 2.57. The highest BCUT2D eigenvalue weighted by Gasteiger charge is 2.26. The lowest BCUT2D eigenvalue weighted by atomic mass is 10.2. The third-order valence-electron chi connectivity index (χ3n) is 5.37. The van der Waals surface area contributed by atoms with E-state index in [9.17, 15) is 9.59 Å². The third-order valence-corrected chi connectivity index (χ3v) is 6.52. The molecule has 1 aliphatic rings. The van der Waals surface area contributed by atoms with Crippen molar-refractivity contribution in [1.29, 1.82) is 0 Å². The number of ether oxygens (including phenoxy) is 1. The summed E-state index contributed by atoms with van der Waals surface area (Å²) in [6.07, 6.45) is 1.49. The first kappa shape index (κ1) is 22.3. The fourth-order valence-electron chi connectivity index (χ4n) is 3.60. The predicted molar refractivity (Wildman–Crippen MR) is 120 cm³/mol. The molecule has 32 heavy (non-hydrogen) atoms. The van der Waals surface area contributed by atoms with Gasteiger partial charge in [0, 0.05) is 19.6 Å². The summed E-state index contributed by atoms with van der Waals surface area (Å²) < 4.78 is 15.4. The molecule has 0 atom stereocenters. The summed E-state index contributed by atoms with van der Waals surface area (Å²) in [6.45, 7) is 8.68. The van der Waals surface area contributed by atoms with E-state index in [2.05, 4.69) is 31.4 Å². The van der Waals surface area contributed by atoms with E-state index < -0.39 is 5.91 Å². The zero-order valence-electron chi connectivity index (χ0n) is 18.2. The first-order valence-electron chi connectivity index (χ1n) is 10.4. The number of hydrogen-bond acceptors (Lipinski definition) is 6. The van der Waals surface area contributed by atoms with E-state index in [0.717, 1.165) is 15.9 Å². The van der Waals surface area contributed by atoms with Gasteiger partial charge in [0.25, 0.3) is 11.8 Å². The van der Waals surface area contributed by atoms with Crippen LogP contribution in [-0.2, 0) is 17.8 Å². The second-order valence-electron chi connectivity index (χ2n) is 7.49. The highest BCUT2D eigenvalue weighted by molar-refractivity contribution is 9.10. The van der Waals surface area contributed by atoms with Crippen LogP contribution >= 0.6 is 15.9 Å². The van der Waals surface area contributed by atoms with Gasteiger partial charge in [0.15, 0.2) is 5.76 Å². The van der Waals surface area contributed by atoms with Gasteiger partial charge in [-0.3, -0.25) is 19.0 Å². The van der Waals surface area contributed by atoms with Crippen molar-refractivity contribution in [2.75, 3.05) is 31.6 Å². The standard InChI is InChI=1S/C21H25BrN6O4/c1-4-27-19(21(30)26-7-9-31-10-8-26)16(11-23-27)24-20(29)17-6-5-15(32-17)12-28-14(3)18(22)13(2)25-28/h5-6,11H,4,7-10,12H2,1-3H3,(H,24,29). The molecule has 0 aromatic carbocycles. The Balaban J connectivity index is 1.50. The highest BCUT2D eigenvalue weighted by Crippen LogP contribution is 2.22. The Hall–Kier alpha value is -2.92. The van der Waals surface area contributed by atoms with Gasteiger partial charge in [-0.25, -0.2) is 0 Å². The second-order valence-corrected chi connectivity index (χ2v) is 8.28. The Labute approximate surface area is 193 Å². The average Bonchev–Trinajstić information content (AvgIpc) is 3.49. The number of hydrogen-bond donors (Lipinski definition) is 1. The molecule has 11 heteroatoms. The fourth-order valence-corrected chi connectivity index (χ4v) is 3.89. The molecule has 1 saturated heterocycles. The Morgan fingerprint density at radius 2 is 1.94 bits per heavy atom. The molecule has 0 radical (unpaired) electrons. The summed E-state index contributed by atoms with van der Waals surface area (Å²) in [7, 11) is 0. The number of aromatic nitrogens is 4. The van der Waals surface area contributed by atoms with Crippen LogP contribution in [0.15, 0.2) is 27.2 Å². The largest absolute Gasteiger partial charge is 0.454 e. The minimum absolute atomic E-state index is 0.148. The lowest BCUT2D eigenvalue weighted by molar-refractivity contribution is 0.0295. The average molecular weight is 505 g/mol. The Kier molecular flexibility index (Phi) is 6.47. The van der Waals surface area contributed by atoms with Gasteiger partial charge in [-0.2, -0.15) is 10.2 Å². The van der Waals surface area contributed by atoms with Gasteiger partial charge in [-0.1, -0.05) is 0 Å². The van der Waals surface area contributed by atoms with Crippen LogP contribution in [0, 0.1) is 13.8 Å². The van der Waals surface area contributed by atoms with Crippen LogP contribution < -0.4 is 5.32 Å². The topological polar surface area (TPSA) is 107 Å². The van der Waals surface area contributed by atoms with E-state index >= 15 is 0 Å². The van der Waals surface area contributed by atoms with Crippen LogP contribution in [0.25, 0.3) is 0 Å². The minimum atomic E-state index is -0.447. The molecule has 1 aliphatic heterocycles. The molecule has 10 nitrogen and oxygen atoms in total. The van der Waals surface area contributed by atoms with Crippen molar-refractivity contribution in [2.45, 2.75) is 33.9 Å². The minimum Gasteiger partial charge on any atom is -0.454 e. The number of rotatable bonds is 6. The molecule has 3 aromatic heterocycles. The number of halogens is 1. The van der Waals surface area contributed by atoms with Gasteiger partial charge in [0.05, 0.1) is 47.5 Å². The predicted octanol–water partition coefficient (Wildman–Crippen LogP) is 2.84. The molecule has 0 unspecified atom stereocenters. The second kappa shape index (κ2) is 9.29. The van der Waals surface area contributed by atoms with E-state index in [1.165, 1.54) is 6.20 Å². The van der Waals surface area contributed by atoms with E-state index in [4.69, 9.17) is 9.15 Å². The van der Waals surface area contributed by atoms with Crippen LogP contribution in [0.2, 0.25) is 0 Å². The fraction of sp³-hybridized carbons (Fsp3) is 0.429. The summed E-state index contributed by atoms with van der Waals surface area (Å²) in [4.78, 5) is 27.6. The maximum absolute atomic E-state index is 13.1. The first-order chi connectivity index (χ1) is 15.4. The molecule has 0 aliphatic carbocycles. The molecular formula is C21H25BrN6O4. The number of nitrogens with zero attached hydrogens (tertiary/aromatic N) is 5. The van der Waals surface area contributed by atoms with Crippen molar-refractivity contribution in [2.24, 2.45) is 0 Å². The SMILES string of the molecule is CCn1ncc(NC(=O)c2ccc(Cn3nc(C)c(Br)c3C)o2)c1C(=O)N1CCOCC1. The number of aryl methyl sites for hydroxylation is 2. The Bertz CT molecular complexity index is 1140. The number of amides is 2. The van der Waals surface area contributed by atoms with Crippen molar-refractivity contribution in [3.05, 3.63) is 51.4 Å². The number of morpholine rings is 1. The molecular weight excluding hydrogens is 480 g/mol.